The van der Waals surface area contributed by atoms with Crippen molar-refractivity contribution >= 4 is 17.6 Å². The number of nitrogens with zero attached hydrogens (tertiary/aromatic N) is 4. The average molecular weight is 288 g/mol. The molecule has 2 aromatic rings. The van der Waals surface area contributed by atoms with Crippen molar-refractivity contribution in [1.82, 2.24) is 15.0 Å². The maximum absolute atomic E-state index is 12.4. The second kappa shape index (κ2) is 7.18. The van der Waals surface area contributed by atoms with Gasteiger partial charge in [0.1, 0.15) is 6.54 Å². The van der Waals surface area contributed by atoms with Crippen molar-refractivity contribution < 1.29 is 14.7 Å². The summed E-state index contributed by atoms with van der Waals surface area (Å²) in [7, 11) is 0. The van der Waals surface area contributed by atoms with E-state index in [4.69, 9.17) is 5.11 Å². The third kappa shape index (κ3) is 4.41. The zero-order valence-corrected chi connectivity index (χ0v) is 11.4. The number of carboxylic acids is 1. The average Bonchev–Trinajstić information content (AvgIpc) is 2.97. The van der Waals surface area contributed by atoms with E-state index < -0.39 is 5.97 Å². The smallest absolute Gasteiger partial charge is 0.303 e. The molecule has 0 bridgehead atoms. The molecule has 1 aromatic heterocycles. The molecule has 0 saturated carbocycles. The van der Waals surface area contributed by atoms with Gasteiger partial charge in [-0.15, -0.1) is 5.10 Å². The van der Waals surface area contributed by atoms with Crippen molar-refractivity contribution in [1.29, 1.82) is 0 Å². The van der Waals surface area contributed by atoms with Gasteiger partial charge in [-0.05, 0) is 18.6 Å². The zero-order chi connectivity index (χ0) is 15.1. The number of hydrogen-bond acceptors (Lipinski definition) is 4. The quantitative estimate of drug-likeness (QED) is 0.826. The third-order valence-corrected chi connectivity index (χ3v) is 2.91. The summed E-state index contributed by atoms with van der Waals surface area (Å²) in [6.07, 6.45) is 3.54. The van der Waals surface area contributed by atoms with Crippen molar-refractivity contribution in [2.45, 2.75) is 19.4 Å². The Morgan fingerprint density at radius 3 is 2.62 bits per heavy atom. The molecule has 0 aliphatic heterocycles. The SMILES string of the molecule is O=C(O)CCCN(C(=O)Cn1ccnn1)c1ccccc1. The molecule has 1 N–H and O–H groups in total. The largest absolute Gasteiger partial charge is 0.481 e. The number of carboxylic acid groups (broad SMARTS) is 1. The molecule has 7 nitrogen and oxygen atoms in total. The number of carbonyl (C=O) groups is 2. The maximum atomic E-state index is 12.4. The highest BCUT2D eigenvalue weighted by Gasteiger charge is 2.16. The van der Waals surface area contributed by atoms with Gasteiger partial charge in [0.15, 0.2) is 0 Å². The number of hydrogen-bond donors (Lipinski definition) is 1. The third-order valence-electron chi connectivity index (χ3n) is 2.91. The Hall–Kier alpha value is -2.70. The Balaban J connectivity index is 2.07. The van der Waals surface area contributed by atoms with Gasteiger partial charge in [-0.1, -0.05) is 23.4 Å². The summed E-state index contributed by atoms with van der Waals surface area (Å²) in [5.41, 5.74) is 0.744. The summed E-state index contributed by atoms with van der Waals surface area (Å²) in [4.78, 5) is 24.6. The fraction of sp³-hybridized carbons (Fsp3) is 0.286. The number of para-hydroxylation sites is 1. The Bertz CT molecular complexity index is 584. The Morgan fingerprint density at radius 2 is 2.00 bits per heavy atom. The van der Waals surface area contributed by atoms with Crippen molar-refractivity contribution in [3.05, 3.63) is 42.7 Å². The maximum Gasteiger partial charge on any atom is 0.303 e. The first-order chi connectivity index (χ1) is 10.2. The summed E-state index contributed by atoms with van der Waals surface area (Å²) in [5, 5.41) is 16.1. The van der Waals surface area contributed by atoms with Gasteiger partial charge in [0.2, 0.25) is 5.91 Å². The highest BCUT2D eigenvalue weighted by molar-refractivity contribution is 5.93. The van der Waals surface area contributed by atoms with E-state index in [1.807, 2.05) is 30.3 Å². The molecule has 0 aliphatic carbocycles. The minimum absolute atomic E-state index is 0.0277. The van der Waals surface area contributed by atoms with Gasteiger partial charge in [-0.25, -0.2) is 4.68 Å². The second-order valence-corrected chi connectivity index (χ2v) is 4.48. The van der Waals surface area contributed by atoms with Gasteiger partial charge in [-0.3, -0.25) is 9.59 Å². The lowest BCUT2D eigenvalue weighted by Gasteiger charge is -2.22. The Kier molecular flexibility index (Phi) is 5.03. The molecule has 0 aliphatic rings. The monoisotopic (exact) mass is 288 g/mol. The molecule has 2 rings (SSSR count). The first kappa shape index (κ1) is 14.7. The van der Waals surface area contributed by atoms with Crippen LogP contribution >= 0.6 is 0 Å². The van der Waals surface area contributed by atoms with E-state index in [0.717, 1.165) is 5.69 Å². The second-order valence-electron chi connectivity index (χ2n) is 4.48. The van der Waals surface area contributed by atoms with Crippen LogP contribution in [0.4, 0.5) is 5.69 Å². The molecule has 0 spiro atoms. The summed E-state index contributed by atoms with van der Waals surface area (Å²) < 4.78 is 1.44. The predicted octanol–water partition coefficient (Wildman–Crippen LogP) is 1.18. The van der Waals surface area contributed by atoms with Crippen LogP contribution in [0.15, 0.2) is 42.7 Å². The fourth-order valence-corrected chi connectivity index (χ4v) is 1.94. The summed E-state index contributed by atoms with van der Waals surface area (Å²) >= 11 is 0. The molecular weight excluding hydrogens is 272 g/mol. The summed E-state index contributed by atoms with van der Waals surface area (Å²) in [6, 6.07) is 9.17. The molecule has 0 radical (unpaired) electrons. The number of carbonyl (C=O) groups excluding carboxylic acids is 1. The van der Waals surface area contributed by atoms with Crippen molar-refractivity contribution in [2.24, 2.45) is 0 Å². The first-order valence-electron chi connectivity index (χ1n) is 6.58. The summed E-state index contributed by atoms with van der Waals surface area (Å²) in [6.45, 7) is 0.422. The molecule has 1 aromatic carbocycles. The van der Waals surface area contributed by atoms with Crippen LogP contribution in [0, 0.1) is 0 Å². The number of anilines is 1. The summed E-state index contributed by atoms with van der Waals surface area (Å²) in [5.74, 6) is -1.02. The number of aromatic nitrogens is 3. The molecule has 7 heteroatoms. The standard InChI is InChI=1S/C14H16N4O3/c19-13(11-17-10-8-15-16-17)18(9-4-7-14(20)21)12-5-2-1-3-6-12/h1-3,5-6,8,10H,4,7,9,11H2,(H,20,21). The van der Waals surface area contributed by atoms with Crippen molar-refractivity contribution in [3.63, 3.8) is 0 Å². The molecule has 0 atom stereocenters. The Morgan fingerprint density at radius 1 is 1.24 bits per heavy atom. The first-order valence-corrected chi connectivity index (χ1v) is 6.58. The predicted molar refractivity (Wildman–Crippen MR) is 75.7 cm³/mol. The molecule has 1 heterocycles. The molecule has 0 saturated heterocycles. The highest BCUT2D eigenvalue weighted by Crippen LogP contribution is 2.15. The van der Waals surface area contributed by atoms with E-state index in [1.165, 1.54) is 10.9 Å². The van der Waals surface area contributed by atoms with Crippen LogP contribution in [0.5, 0.6) is 0 Å². The van der Waals surface area contributed by atoms with Gasteiger partial charge in [-0.2, -0.15) is 0 Å². The number of rotatable bonds is 7. The molecule has 110 valence electrons. The van der Waals surface area contributed by atoms with Gasteiger partial charge in [0.25, 0.3) is 0 Å². The molecule has 1 amide bonds. The van der Waals surface area contributed by atoms with Gasteiger partial charge in [0, 0.05) is 24.8 Å². The van der Waals surface area contributed by atoms with Crippen LogP contribution in [-0.4, -0.2) is 38.5 Å². The lowest BCUT2D eigenvalue weighted by Crippen LogP contribution is -2.35. The molecule has 0 unspecified atom stereocenters. The van der Waals surface area contributed by atoms with Crippen molar-refractivity contribution in [2.75, 3.05) is 11.4 Å². The zero-order valence-electron chi connectivity index (χ0n) is 11.4. The Labute approximate surface area is 121 Å². The van der Waals surface area contributed by atoms with E-state index in [-0.39, 0.29) is 18.9 Å². The van der Waals surface area contributed by atoms with Crippen LogP contribution in [0.1, 0.15) is 12.8 Å². The van der Waals surface area contributed by atoms with Crippen LogP contribution in [0.2, 0.25) is 0 Å². The van der Waals surface area contributed by atoms with E-state index in [9.17, 15) is 9.59 Å². The van der Waals surface area contributed by atoms with Crippen LogP contribution in [0.25, 0.3) is 0 Å². The molecule has 0 fully saturated rings. The van der Waals surface area contributed by atoms with Crippen LogP contribution in [-0.2, 0) is 16.1 Å². The fourth-order valence-electron chi connectivity index (χ4n) is 1.94. The highest BCUT2D eigenvalue weighted by atomic mass is 16.4. The normalized spacial score (nSPS) is 10.3. The van der Waals surface area contributed by atoms with E-state index in [1.54, 1.807) is 11.1 Å². The van der Waals surface area contributed by atoms with Crippen molar-refractivity contribution in [3.8, 4) is 0 Å². The molecule has 21 heavy (non-hydrogen) atoms. The lowest BCUT2D eigenvalue weighted by molar-refractivity contribution is -0.137. The van der Waals surface area contributed by atoms with Gasteiger partial charge >= 0.3 is 5.97 Å². The van der Waals surface area contributed by atoms with E-state index >= 15 is 0 Å². The minimum atomic E-state index is -0.869. The van der Waals surface area contributed by atoms with E-state index in [2.05, 4.69) is 10.3 Å². The number of amides is 1. The van der Waals surface area contributed by atoms with Gasteiger partial charge < -0.3 is 10.0 Å². The number of benzene rings is 1. The van der Waals surface area contributed by atoms with E-state index in [0.29, 0.717) is 13.0 Å². The topological polar surface area (TPSA) is 88.3 Å². The lowest BCUT2D eigenvalue weighted by atomic mass is 10.2. The van der Waals surface area contributed by atoms with Crippen LogP contribution in [0.3, 0.4) is 0 Å². The molecular formula is C14H16N4O3. The van der Waals surface area contributed by atoms with Crippen LogP contribution < -0.4 is 4.90 Å². The number of aliphatic carboxylic acids is 1. The van der Waals surface area contributed by atoms with Gasteiger partial charge in [0.05, 0.1) is 6.20 Å². The minimum Gasteiger partial charge on any atom is -0.481 e.